The number of nitrogens with zero attached hydrogens (tertiary/aromatic N) is 2. The Bertz CT molecular complexity index is 352. The molecule has 0 amide bonds. The van der Waals surface area contributed by atoms with Crippen molar-refractivity contribution in [2.24, 2.45) is 0 Å². The molecule has 0 unspecified atom stereocenters. The van der Waals surface area contributed by atoms with Crippen molar-refractivity contribution in [2.75, 3.05) is 0 Å². The summed E-state index contributed by atoms with van der Waals surface area (Å²) >= 11 is 0. The van der Waals surface area contributed by atoms with Gasteiger partial charge in [-0.1, -0.05) is 0 Å². The lowest BCUT2D eigenvalue weighted by atomic mass is 10.1. The second-order valence-electron chi connectivity index (χ2n) is 2.85. The second-order valence-corrected chi connectivity index (χ2v) is 2.85. The van der Waals surface area contributed by atoms with Crippen LogP contribution in [0.1, 0.15) is 24.6 Å². The molecule has 0 aliphatic carbocycles. The molecule has 1 rings (SSSR count). The maximum atomic E-state index is 10.7. The second kappa shape index (κ2) is 4.36. The van der Waals surface area contributed by atoms with Crippen molar-refractivity contribution in [1.29, 1.82) is 5.26 Å². The molecule has 0 saturated carbocycles. The van der Waals surface area contributed by atoms with Gasteiger partial charge in [0.1, 0.15) is 5.78 Å². The Labute approximate surface area is 77.0 Å². The molecule has 0 aliphatic rings. The maximum Gasteiger partial charge on any atom is 0.130 e. The van der Waals surface area contributed by atoms with E-state index in [-0.39, 0.29) is 5.78 Å². The van der Waals surface area contributed by atoms with Gasteiger partial charge in [-0.3, -0.25) is 4.98 Å². The molecule has 0 saturated heterocycles. The number of nitriles is 1. The first-order chi connectivity index (χ1) is 6.22. The third kappa shape index (κ3) is 3.04. The van der Waals surface area contributed by atoms with E-state index in [4.69, 9.17) is 5.26 Å². The fraction of sp³-hybridized carbons (Fsp3) is 0.300. The molecule has 0 aromatic carbocycles. The van der Waals surface area contributed by atoms with Crippen molar-refractivity contribution in [3.8, 4) is 6.07 Å². The highest BCUT2D eigenvalue weighted by Gasteiger charge is 1.98. The number of hydrogen-bond acceptors (Lipinski definition) is 3. The Morgan fingerprint density at radius 3 is 3.08 bits per heavy atom. The molecular formula is C10H10N2O. The predicted octanol–water partition coefficient (Wildman–Crippen LogP) is 1.47. The molecule has 1 aromatic heterocycles. The van der Waals surface area contributed by atoms with Gasteiger partial charge in [0.05, 0.1) is 11.6 Å². The molecule has 1 heterocycles. The fourth-order valence-electron chi connectivity index (χ4n) is 0.989. The number of rotatable bonds is 3. The van der Waals surface area contributed by atoms with Crippen LogP contribution in [0.3, 0.4) is 0 Å². The SMILES string of the molecule is CC(=O)CCc1cc(C#N)ccn1. The highest BCUT2D eigenvalue weighted by molar-refractivity contribution is 5.75. The van der Waals surface area contributed by atoms with E-state index in [2.05, 4.69) is 4.98 Å². The van der Waals surface area contributed by atoms with Crippen LogP contribution in [0, 0.1) is 11.3 Å². The number of carbonyl (C=O) groups is 1. The zero-order chi connectivity index (χ0) is 9.68. The summed E-state index contributed by atoms with van der Waals surface area (Å²) in [5.41, 5.74) is 1.39. The molecule has 3 heteroatoms. The molecule has 0 aliphatic heterocycles. The van der Waals surface area contributed by atoms with E-state index in [1.165, 1.54) is 0 Å². The first-order valence-electron chi connectivity index (χ1n) is 4.07. The van der Waals surface area contributed by atoms with Crippen molar-refractivity contribution in [3.63, 3.8) is 0 Å². The predicted molar refractivity (Wildman–Crippen MR) is 48.0 cm³/mol. The van der Waals surface area contributed by atoms with Crippen LogP contribution < -0.4 is 0 Å². The van der Waals surface area contributed by atoms with E-state index in [9.17, 15) is 4.79 Å². The maximum absolute atomic E-state index is 10.7. The van der Waals surface area contributed by atoms with Gasteiger partial charge < -0.3 is 4.79 Å². The lowest BCUT2D eigenvalue weighted by Gasteiger charge is -1.97. The summed E-state index contributed by atoms with van der Waals surface area (Å²) in [5.74, 6) is 0.143. The Balaban J connectivity index is 2.68. The van der Waals surface area contributed by atoms with Crippen LogP contribution in [-0.4, -0.2) is 10.8 Å². The van der Waals surface area contributed by atoms with Gasteiger partial charge in [-0.15, -0.1) is 0 Å². The minimum Gasteiger partial charge on any atom is -0.300 e. The minimum atomic E-state index is 0.143. The molecule has 0 N–H and O–H groups in total. The normalized spacial score (nSPS) is 9.23. The van der Waals surface area contributed by atoms with Crippen LogP contribution in [0.15, 0.2) is 18.3 Å². The molecule has 1 aromatic rings. The van der Waals surface area contributed by atoms with Gasteiger partial charge in [-0.05, 0) is 25.5 Å². The van der Waals surface area contributed by atoms with Crippen molar-refractivity contribution in [1.82, 2.24) is 4.98 Å². The van der Waals surface area contributed by atoms with E-state index < -0.39 is 0 Å². The Hall–Kier alpha value is -1.69. The lowest BCUT2D eigenvalue weighted by molar-refractivity contribution is -0.116. The van der Waals surface area contributed by atoms with Gasteiger partial charge in [0.25, 0.3) is 0 Å². The quantitative estimate of drug-likeness (QED) is 0.697. The van der Waals surface area contributed by atoms with E-state index in [0.717, 1.165) is 5.69 Å². The first kappa shape index (κ1) is 9.40. The van der Waals surface area contributed by atoms with E-state index in [1.807, 2.05) is 6.07 Å². The average Bonchev–Trinajstić information content (AvgIpc) is 2.15. The van der Waals surface area contributed by atoms with Crippen molar-refractivity contribution in [3.05, 3.63) is 29.6 Å². The van der Waals surface area contributed by atoms with Crippen LogP contribution in [0.2, 0.25) is 0 Å². The highest BCUT2D eigenvalue weighted by Crippen LogP contribution is 2.03. The largest absolute Gasteiger partial charge is 0.300 e. The number of pyridine rings is 1. The van der Waals surface area contributed by atoms with Crippen molar-refractivity contribution in [2.45, 2.75) is 19.8 Å². The van der Waals surface area contributed by atoms with Crippen LogP contribution in [0.25, 0.3) is 0 Å². The van der Waals surface area contributed by atoms with Crippen molar-refractivity contribution >= 4 is 5.78 Å². The Kier molecular flexibility index (Phi) is 3.15. The summed E-state index contributed by atoms with van der Waals surface area (Å²) < 4.78 is 0. The zero-order valence-electron chi connectivity index (χ0n) is 7.45. The number of hydrogen-bond donors (Lipinski definition) is 0. The van der Waals surface area contributed by atoms with Crippen LogP contribution in [0.5, 0.6) is 0 Å². The molecule has 0 radical (unpaired) electrons. The third-order valence-electron chi connectivity index (χ3n) is 1.68. The smallest absolute Gasteiger partial charge is 0.130 e. The topological polar surface area (TPSA) is 53.8 Å². The van der Waals surface area contributed by atoms with Gasteiger partial charge >= 0.3 is 0 Å². The van der Waals surface area contributed by atoms with Gasteiger partial charge in [0, 0.05) is 18.3 Å². The van der Waals surface area contributed by atoms with E-state index in [1.54, 1.807) is 25.3 Å². The third-order valence-corrected chi connectivity index (χ3v) is 1.68. The number of aromatic nitrogens is 1. The molecule has 13 heavy (non-hydrogen) atoms. The molecule has 0 fully saturated rings. The number of carbonyl (C=O) groups excluding carboxylic acids is 1. The zero-order valence-corrected chi connectivity index (χ0v) is 7.45. The van der Waals surface area contributed by atoms with Crippen LogP contribution >= 0.6 is 0 Å². The summed E-state index contributed by atoms with van der Waals surface area (Å²) in [6.45, 7) is 1.55. The van der Waals surface area contributed by atoms with Gasteiger partial charge in [0.2, 0.25) is 0 Å². The Morgan fingerprint density at radius 2 is 2.46 bits per heavy atom. The summed E-state index contributed by atoms with van der Waals surface area (Å²) in [5, 5.41) is 8.59. The average molecular weight is 174 g/mol. The number of ketones is 1. The summed E-state index contributed by atoms with van der Waals surface area (Å²) in [4.78, 5) is 14.7. The van der Waals surface area contributed by atoms with E-state index in [0.29, 0.717) is 18.4 Å². The molecule has 0 spiro atoms. The van der Waals surface area contributed by atoms with E-state index >= 15 is 0 Å². The standard InChI is InChI=1S/C10H10N2O/c1-8(13)2-3-10-6-9(7-11)4-5-12-10/h4-6H,2-3H2,1H3. The Morgan fingerprint density at radius 1 is 1.69 bits per heavy atom. The van der Waals surface area contributed by atoms with Gasteiger partial charge in [-0.2, -0.15) is 5.26 Å². The summed E-state index contributed by atoms with van der Waals surface area (Å²) in [6, 6.07) is 5.39. The number of aryl methyl sites for hydroxylation is 1. The molecule has 0 bridgehead atoms. The molecule has 0 atom stereocenters. The number of Topliss-reactive ketones (excluding diaryl/α,β-unsaturated/α-hetero) is 1. The lowest BCUT2D eigenvalue weighted by Crippen LogP contribution is -1.96. The molecule has 66 valence electrons. The first-order valence-corrected chi connectivity index (χ1v) is 4.07. The highest BCUT2D eigenvalue weighted by atomic mass is 16.1. The summed E-state index contributed by atoms with van der Waals surface area (Å²) in [6.07, 6.45) is 2.70. The summed E-state index contributed by atoms with van der Waals surface area (Å²) in [7, 11) is 0. The molecule has 3 nitrogen and oxygen atoms in total. The minimum absolute atomic E-state index is 0.143. The van der Waals surface area contributed by atoms with Crippen molar-refractivity contribution < 1.29 is 4.79 Å². The van der Waals surface area contributed by atoms with Gasteiger partial charge in [0.15, 0.2) is 0 Å². The fourth-order valence-corrected chi connectivity index (χ4v) is 0.989. The van der Waals surface area contributed by atoms with Gasteiger partial charge in [-0.25, -0.2) is 0 Å². The monoisotopic (exact) mass is 174 g/mol. The van der Waals surface area contributed by atoms with Crippen LogP contribution in [-0.2, 0) is 11.2 Å². The van der Waals surface area contributed by atoms with Crippen LogP contribution in [0.4, 0.5) is 0 Å². The molecular weight excluding hydrogens is 164 g/mol.